The molecule has 0 atom stereocenters. The third-order valence-corrected chi connectivity index (χ3v) is 4.70. The third-order valence-electron chi connectivity index (χ3n) is 2.76. The van der Waals surface area contributed by atoms with Crippen LogP contribution in [0.2, 0.25) is 0 Å². The summed E-state index contributed by atoms with van der Waals surface area (Å²) in [5.41, 5.74) is 1.28. The van der Waals surface area contributed by atoms with Crippen molar-refractivity contribution >= 4 is 28.6 Å². The Hall–Kier alpha value is -1.99. The number of carbonyl (C=O) groups is 1. The van der Waals surface area contributed by atoms with Crippen LogP contribution in [0.4, 0.5) is 0 Å². The molecule has 0 N–H and O–H groups in total. The summed E-state index contributed by atoms with van der Waals surface area (Å²) in [7, 11) is 0. The highest BCUT2D eigenvalue weighted by Gasteiger charge is 2.16. The van der Waals surface area contributed by atoms with E-state index in [4.69, 9.17) is 9.26 Å². The predicted octanol–water partition coefficient (Wildman–Crippen LogP) is 3.83. The maximum atomic E-state index is 12.0. The van der Waals surface area contributed by atoms with Crippen LogP contribution in [0.25, 0.3) is 10.6 Å². The van der Waals surface area contributed by atoms with Crippen LogP contribution in [0.5, 0.6) is 0 Å². The standard InChI is InChI=1S/C14H12N2O3S2/c1-8-13(21-9(2)15-8)14(17)18-7-10-6-11(19-16-10)12-4-3-5-20-12/h3-6H,7H2,1-2H3. The first-order chi connectivity index (χ1) is 10.1. The van der Waals surface area contributed by atoms with Crippen LogP contribution in [-0.4, -0.2) is 16.1 Å². The molecule has 108 valence electrons. The molecular weight excluding hydrogens is 308 g/mol. The monoisotopic (exact) mass is 320 g/mol. The van der Waals surface area contributed by atoms with E-state index >= 15 is 0 Å². The van der Waals surface area contributed by atoms with Crippen molar-refractivity contribution in [1.82, 2.24) is 10.1 Å². The van der Waals surface area contributed by atoms with Crippen LogP contribution in [0.1, 0.15) is 26.1 Å². The number of hydrogen-bond acceptors (Lipinski definition) is 7. The number of hydrogen-bond donors (Lipinski definition) is 0. The van der Waals surface area contributed by atoms with Crippen molar-refractivity contribution in [3.8, 4) is 10.6 Å². The highest BCUT2D eigenvalue weighted by molar-refractivity contribution is 7.13. The molecule has 21 heavy (non-hydrogen) atoms. The zero-order chi connectivity index (χ0) is 14.8. The van der Waals surface area contributed by atoms with Crippen molar-refractivity contribution in [1.29, 1.82) is 0 Å². The molecule has 3 heterocycles. The molecule has 0 aromatic carbocycles. The fourth-order valence-corrected chi connectivity index (χ4v) is 3.33. The predicted molar refractivity (Wildman–Crippen MR) is 80.5 cm³/mol. The molecule has 0 unspecified atom stereocenters. The second-order valence-corrected chi connectivity index (χ2v) is 6.53. The van der Waals surface area contributed by atoms with E-state index in [1.54, 1.807) is 24.3 Å². The zero-order valence-electron chi connectivity index (χ0n) is 11.5. The Labute approximate surface area is 129 Å². The number of aromatic nitrogens is 2. The van der Waals surface area contributed by atoms with E-state index in [0.29, 0.717) is 22.0 Å². The first-order valence-corrected chi connectivity index (χ1v) is 7.93. The van der Waals surface area contributed by atoms with Gasteiger partial charge in [-0.1, -0.05) is 11.2 Å². The van der Waals surface area contributed by atoms with Crippen molar-refractivity contribution < 1.29 is 14.1 Å². The molecule has 5 nitrogen and oxygen atoms in total. The van der Waals surface area contributed by atoms with Gasteiger partial charge in [-0.25, -0.2) is 9.78 Å². The van der Waals surface area contributed by atoms with Gasteiger partial charge in [0.2, 0.25) is 0 Å². The number of carbonyl (C=O) groups excluding carboxylic acids is 1. The van der Waals surface area contributed by atoms with Gasteiger partial charge in [-0.05, 0) is 25.3 Å². The Bertz CT molecular complexity index is 759. The summed E-state index contributed by atoms with van der Waals surface area (Å²) in [5, 5.41) is 6.72. The second-order valence-electron chi connectivity index (χ2n) is 4.38. The van der Waals surface area contributed by atoms with E-state index in [1.165, 1.54) is 11.3 Å². The van der Waals surface area contributed by atoms with Crippen molar-refractivity contribution in [2.45, 2.75) is 20.5 Å². The molecule has 0 spiro atoms. The SMILES string of the molecule is Cc1nc(C)c(C(=O)OCc2cc(-c3cccs3)on2)s1. The van der Waals surface area contributed by atoms with Gasteiger partial charge in [0.15, 0.2) is 5.76 Å². The van der Waals surface area contributed by atoms with Gasteiger partial charge in [0, 0.05) is 6.07 Å². The smallest absolute Gasteiger partial charge is 0.350 e. The maximum Gasteiger partial charge on any atom is 0.350 e. The second kappa shape index (κ2) is 5.79. The number of aryl methyl sites for hydroxylation is 2. The molecule has 3 rings (SSSR count). The molecule has 7 heteroatoms. The lowest BCUT2D eigenvalue weighted by Crippen LogP contribution is -2.05. The molecule has 3 aromatic rings. The van der Waals surface area contributed by atoms with Gasteiger partial charge in [-0.15, -0.1) is 22.7 Å². The number of thiazole rings is 1. The first kappa shape index (κ1) is 14.0. The average Bonchev–Trinajstić information content (AvgIpc) is 3.15. The Morgan fingerprint density at radius 3 is 2.95 bits per heavy atom. The molecule has 0 fully saturated rings. The number of ether oxygens (including phenoxy) is 1. The van der Waals surface area contributed by atoms with E-state index in [0.717, 1.165) is 9.88 Å². The van der Waals surface area contributed by atoms with Crippen LogP contribution in [0.15, 0.2) is 28.1 Å². The Kier molecular flexibility index (Phi) is 3.85. The normalized spacial score (nSPS) is 10.8. The summed E-state index contributed by atoms with van der Waals surface area (Å²) in [6.45, 7) is 3.74. The van der Waals surface area contributed by atoms with Gasteiger partial charge in [0.1, 0.15) is 17.2 Å². The van der Waals surface area contributed by atoms with Gasteiger partial charge in [-0.3, -0.25) is 0 Å². The van der Waals surface area contributed by atoms with E-state index in [1.807, 2.05) is 24.4 Å². The molecule has 0 aliphatic carbocycles. The maximum absolute atomic E-state index is 12.0. The zero-order valence-corrected chi connectivity index (χ0v) is 13.1. The molecule has 0 amide bonds. The number of rotatable bonds is 4. The van der Waals surface area contributed by atoms with E-state index in [2.05, 4.69) is 10.1 Å². The van der Waals surface area contributed by atoms with Gasteiger partial charge in [-0.2, -0.15) is 0 Å². The Morgan fingerprint density at radius 2 is 2.29 bits per heavy atom. The minimum atomic E-state index is -0.376. The van der Waals surface area contributed by atoms with Gasteiger partial charge in [0.05, 0.1) is 15.6 Å². The minimum absolute atomic E-state index is 0.0874. The van der Waals surface area contributed by atoms with Gasteiger partial charge in [0.25, 0.3) is 0 Å². The minimum Gasteiger partial charge on any atom is -0.455 e. The molecule has 0 aliphatic heterocycles. The fraction of sp³-hybridized carbons (Fsp3) is 0.214. The lowest BCUT2D eigenvalue weighted by atomic mass is 10.3. The molecular formula is C14H12N2O3S2. The molecule has 0 bridgehead atoms. The summed E-state index contributed by atoms with van der Waals surface area (Å²) in [6.07, 6.45) is 0. The quantitative estimate of drug-likeness (QED) is 0.683. The Balaban J connectivity index is 1.65. The van der Waals surface area contributed by atoms with Crippen molar-refractivity contribution in [2.24, 2.45) is 0 Å². The molecule has 0 radical (unpaired) electrons. The molecule has 0 saturated carbocycles. The highest BCUT2D eigenvalue weighted by Crippen LogP contribution is 2.25. The number of esters is 1. The summed E-state index contributed by atoms with van der Waals surface area (Å²) in [5.74, 6) is 0.305. The molecule has 0 aliphatic rings. The van der Waals surface area contributed by atoms with Crippen LogP contribution < -0.4 is 0 Å². The van der Waals surface area contributed by atoms with Crippen molar-refractivity contribution in [3.05, 3.63) is 44.9 Å². The van der Waals surface area contributed by atoms with Crippen LogP contribution in [0.3, 0.4) is 0 Å². The lowest BCUT2D eigenvalue weighted by molar-refractivity contribution is 0.0469. The van der Waals surface area contributed by atoms with Crippen molar-refractivity contribution in [3.63, 3.8) is 0 Å². The highest BCUT2D eigenvalue weighted by atomic mass is 32.1. The summed E-state index contributed by atoms with van der Waals surface area (Å²) in [6, 6.07) is 5.67. The van der Waals surface area contributed by atoms with Crippen LogP contribution >= 0.6 is 22.7 Å². The van der Waals surface area contributed by atoms with E-state index in [-0.39, 0.29) is 12.6 Å². The van der Waals surface area contributed by atoms with Crippen LogP contribution in [-0.2, 0) is 11.3 Å². The summed E-state index contributed by atoms with van der Waals surface area (Å²) < 4.78 is 10.5. The van der Waals surface area contributed by atoms with Crippen LogP contribution in [0, 0.1) is 13.8 Å². The van der Waals surface area contributed by atoms with E-state index in [9.17, 15) is 4.79 Å². The molecule has 3 aromatic heterocycles. The van der Waals surface area contributed by atoms with Crippen molar-refractivity contribution in [2.75, 3.05) is 0 Å². The van der Waals surface area contributed by atoms with Gasteiger partial charge < -0.3 is 9.26 Å². The fourth-order valence-electron chi connectivity index (χ4n) is 1.84. The van der Waals surface area contributed by atoms with Gasteiger partial charge >= 0.3 is 5.97 Å². The Morgan fingerprint density at radius 1 is 1.43 bits per heavy atom. The summed E-state index contributed by atoms with van der Waals surface area (Å²) >= 11 is 2.90. The number of thiophene rings is 1. The first-order valence-electron chi connectivity index (χ1n) is 6.24. The largest absolute Gasteiger partial charge is 0.455 e. The molecule has 0 saturated heterocycles. The van der Waals surface area contributed by atoms with E-state index < -0.39 is 0 Å². The topological polar surface area (TPSA) is 65.2 Å². The number of nitrogens with zero attached hydrogens (tertiary/aromatic N) is 2. The third kappa shape index (κ3) is 3.03. The lowest BCUT2D eigenvalue weighted by Gasteiger charge is -2.00. The summed E-state index contributed by atoms with van der Waals surface area (Å²) in [4.78, 5) is 17.7. The average molecular weight is 320 g/mol.